The lowest BCUT2D eigenvalue weighted by Gasteiger charge is -2.10. The molecule has 126 valence electrons. The van der Waals surface area contributed by atoms with E-state index in [1.165, 1.54) is 6.08 Å². The molecule has 2 aromatic rings. The molecule has 0 atom stereocenters. The van der Waals surface area contributed by atoms with Crippen LogP contribution in [0.15, 0.2) is 48.5 Å². The minimum Gasteiger partial charge on any atom is -0.493 e. The number of aryl methyl sites for hydroxylation is 1. The number of hydrogen-bond donors (Lipinski definition) is 1. The second-order valence-corrected chi connectivity index (χ2v) is 5.45. The lowest BCUT2D eigenvalue weighted by molar-refractivity contribution is -0.111. The van der Waals surface area contributed by atoms with Gasteiger partial charge in [-0.2, -0.15) is 0 Å². The molecular formula is C20H23NO3. The van der Waals surface area contributed by atoms with Gasteiger partial charge in [-0.05, 0) is 54.8 Å². The fourth-order valence-corrected chi connectivity index (χ4v) is 2.20. The zero-order valence-electron chi connectivity index (χ0n) is 14.3. The highest BCUT2D eigenvalue weighted by Gasteiger charge is 2.05. The van der Waals surface area contributed by atoms with Crippen LogP contribution in [0.4, 0.5) is 5.69 Å². The van der Waals surface area contributed by atoms with Gasteiger partial charge in [0.05, 0.1) is 13.7 Å². The molecule has 4 nitrogen and oxygen atoms in total. The van der Waals surface area contributed by atoms with Crippen LogP contribution in [0.25, 0.3) is 6.08 Å². The van der Waals surface area contributed by atoms with Crippen molar-refractivity contribution in [3.8, 4) is 11.5 Å². The van der Waals surface area contributed by atoms with Crippen molar-refractivity contribution in [2.45, 2.75) is 20.3 Å². The number of anilines is 1. The smallest absolute Gasteiger partial charge is 0.248 e. The summed E-state index contributed by atoms with van der Waals surface area (Å²) in [5.74, 6) is 1.19. The van der Waals surface area contributed by atoms with Gasteiger partial charge in [-0.3, -0.25) is 4.79 Å². The molecule has 4 heteroatoms. The van der Waals surface area contributed by atoms with Gasteiger partial charge in [-0.1, -0.05) is 25.1 Å². The predicted octanol–water partition coefficient (Wildman–Crippen LogP) is 4.44. The minimum atomic E-state index is -0.175. The molecule has 0 aliphatic carbocycles. The third-order valence-corrected chi connectivity index (χ3v) is 3.36. The largest absolute Gasteiger partial charge is 0.493 e. The van der Waals surface area contributed by atoms with Crippen LogP contribution in [0.2, 0.25) is 0 Å². The number of amides is 1. The van der Waals surface area contributed by atoms with E-state index in [0.717, 1.165) is 23.2 Å². The molecule has 0 bridgehead atoms. The third-order valence-electron chi connectivity index (χ3n) is 3.36. The van der Waals surface area contributed by atoms with E-state index in [2.05, 4.69) is 12.2 Å². The summed E-state index contributed by atoms with van der Waals surface area (Å²) in [7, 11) is 1.60. The molecule has 2 rings (SSSR count). The average molecular weight is 325 g/mol. The zero-order valence-corrected chi connectivity index (χ0v) is 14.3. The van der Waals surface area contributed by atoms with Crippen LogP contribution in [-0.4, -0.2) is 19.6 Å². The highest BCUT2D eigenvalue weighted by Crippen LogP contribution is 2.28. The van der Waals surface area contributed by atoms with Crippen LogP contribution < -0.4 is 14.8 Å². The van der Waals surface area contributed by atoms with Crippen molar-refractivity contribution in [3.05, 3.63) is 59.7 Å². The molecule has 24 heavy (non-hydrogen) atoms. The van der Waals surface area contributed by atoms with Gasteiger partial charge < -0.3 is 14.8 Å². The van der Waals surface area contributed by atoms with Crippen molar-refractivity contribution in [1.82, 2.24) is 0 Å². The summed E-state index contributed by atoms with van der Waals surface area (Å²) in [4.78, 5) is 12.0. The van der Waals surface area contributed by atoms with E-state index >= 15 is 0 Å². The summed E-state index contributed by atoms with van der Waals surface area (Å²) in [6.07, 6.45) is 4.19. The molecule has 0 saturated carbocycles. The molecule has 1 amide bonds. The first-order valence-corrected chi connectivity index (χ1v) is 7.99. The van der Waals surface area contributed by atoms with Crippen LogP contribution in [0, 0.1) is 6.92 Å². The standard InChI is InChI=1S/C20H23NO3/c1-4-12-24-18-10-8-16(14-19(18)23-3)9-11-20(22)21-17-7-5-6-15(2)13-17/h5-11,13-14H,4,12H2,1-3H3,(H,21,22). The maximum Gasteiger partial charge on any atom is 0.248 e. The Kier molecular flexibility index (Phi) is 6.43. The minimum absolute atomic E-state index is 0.175. The quantitative estimate of drug-likeness (QED) is 0.765. The molecule has 0 aromatic heterocycles. The fourth-order valence-electron chi connectivity index (χ4n) is 2.20. The third kappa shape index (κ3) is 5.16. The van der Waals surface area contributed by atoms with Gasteiger partial charge >= 0.3 is 0 Å². The molecule has 0 radical (unpaired) electrons. The fraction of sp³-hybridized carbons (Fsp3) is 0.250. The lowest BCUT2D eigenvalue weighted by atomic mass is 10.2. The Labute approximate surface area is 143 Å². The maximum absolute atomic E-state index is 12.0. The van der Waals surface area contributed by atoms with Crippen LogP contribution in [0.1, 0.15) is 24.5 Å². The summed E-state index contributed by atoms with van der Waals surface area (Å²) >= 11 is 0. The first kappa shape index (κ1) is 17.6. The van der Waals surface area contributed by atoms with E-state index in [9.17, 15) is 4.79 Å². The summed E-state index contributed by atoms with van der Waals surface area (Å²) < 4.78 is 11.0. The SMILES string of the molecule is CCCOc1ccc(C=CC(=O)Nc2cccc(C)c2)cc1OC. The molecule has 0 aliphatic rings. The lowest BCUT2D eigenvalue weighted by Crippen LogP contribution is -2.07. The monoisotopic (exact) mass is 325 g/mol. The topological polar surface area (TPSA) is 47.6 Å². The molecular weight excluding hydrogens is 302 g/mol. The van der Waals surface area contributed by atoms with Gasteiger partial charge in [-0.25, -0.2) is 0 Å². The number of carbonyl (C=O) groups is 1. The van der Waals surface area contributed by atoms with Crippen LogP contribution >= 0.6 is 0 Å². The number of rotatable bonds is 7. The Morgan fingerprint density at radius 1 is 1.17 bits per heavy atom. The number of ether oxygens (including phenoxy) is 2. The Balaban J connectivity index is 2.03. The first-order valence-electron chi connectivity index (χ1n) is 7.99. The van der Waals surface area contributed by atoms with E-state index in [4.69, 9.17) is 9.47 Å². The second-order valence-electron chi connectivity index (χ2n) is 5.45. The van der Waals surface area contributed by atoms with Crippen LogP contribution in [0.5, 0.6) is 11.5 Å². The van der Waals surface area contributed by atoms with E-state index in [1.54, 1.807) is 13.2 Å². The highest BCUT2D eigenvalue weighted by atomic mass is 16.5. The van der Waals surface area contributed by atoms with Crippen molar-refractivity contribution >= 4 is 17.7 Å². The molecule has 2 aromatic carbocycles. The normalized spacial score (nSPS) is 10.6. The zero-order chi connectivity index (χ0) is 17.4. The van der Waals surface area contributed by atoms with Gasteiger partial charge in [0.25, 0.3) is 0 Å². The van der Waals surface area contributed by atoms with E-state index < -0.39 is 0 Å². The van der Waals surface area contributed by atoms with Crippen molar-refractivity contribution in [2.75, 3.05) is 19.0 Å². The second kappa shape index (κ2) is 8.77. The Bertz CT molecular complexity index is 723. The first-order chi connectivity index (χ1) is 11.6. The van der Waals surface area contributed by atoms with E-state index in [-0.39, 0.29) is 5.91 Å². The van der Waals surface area contributed by atoms with Gasteiger partial charge in [0, 0.05) is 11.8 Å². The van der Waals surface area contributed by atoms with Crippen molar-refractivity contribution < 1.29 is 14.3 Å². The summed E-state index contributed by atoms with van der Waals surface area (Å²) in [5, 5.41) is 2.84. The van der Waals surface area contributed by atoms with Crippen molar-refractivity contribution in [3.63, 3.8) is 0 Å². The number of carbonyl (C=O) groups excluding carboxylic acids is 1. The van der Waals surface area contributed by atoms with E-state index in [0.29, 0.717) is 18.1 Å². The Hall–Kier alpha value is -2.75. The molecule has 0 heterocycles. The van der Waals surface area contributed by atoms with Gasteiger partial charge in [0.15, 0.2) is 11.5 Å². The van der Waals surface area contributed by atoms with Gasteiger partial charge in [0.1, 0.15) is 0 Å². The predicted molar refractivity (Wildman–Crippen MR) is 97.6 cm³/mol. The summed E-state index contributed by atoms with van der Waals surface area (Å²) in [5.41, 5.74) is 2.75. The maximum atomic E-state index is 12.0. The average Bonchev–Trinajstić information content (AvgIpc) is 2.58. The van der Waals surface area contributed by atoms with E-state index in [1.807, 2.05) is 49.4 Å². The molecule has 1 N–H and O–H groups in total. The van der Waals surface area contributed by atoms with Crippen LogP contribution in [0.3, 0.4) is 0 Å². The number of nitrogens with one attached hydrogen (secondary N) is 1. The molecule has 0 aliphatic heterocycles. The van der Waals surface area contributed by atoms with Gasteiger partial charge in [-0.15, -0.1) is 0 Å². The van der Waals surface area contributed by atoms with Gasteiger partial charge in [0.2, 0.25) is 5.91 Å². The Morgan fingerprint density at radius 3 is 2.71 bits per heavy atom. The summed E-state index contributed by atoms with van der Waals surface area (Å²) in [6.45, 7) is 4.68. The molecule has 0 fully saturated rings. The van der Waals surface area contributed by atoms with Crippen molar-refractivity contribution in [1.29, 1.82) is 0 Å². The Morgan fingerprint density at radius 2 is 2.00 bits per heavy atom. The number of hydrogen-bond acceptors (Lipinski definition) is 3. The summed E-state index contributed by atoms with van der Waals surface area (Å²) in [6, 6.07) is 13.3. The van der Waals surface area contributed by atoms with Crippen molar-refractivity contribution in [2.24, 2.45) is 0 Å². The molecule has 0 spiro atoms. The molecule has 0 unspecified atom stereocenters. The number of methoxy groups -OCH3 is 1. The number of benzene rings is 2. The molecule has 0 saturated heterocycles. The highest BCUT2D eigenvalue weighted by molar-refractivity contribution is 6.02. The van der Waals surface area contributed by atoms with Crippen LogP contribution in [-0.2, 0) is 4.79 Å².